The molecule has 0 radical (unpaired) electrons. The third-order valence-corrected chi connectivity index (χ3v) is 15.5. The van der Waals surface area contributed by atoms with Crippen LogP contribution >= 0.6 is 0 Å². The number of fused-ring (bicyclic) bond motifs is 7. The molecule has 5 fully saturated rings. The third kappa shape index (κ3) is 6.01. The van der Waals surface area contributed by atoms with Gasteiger partial charge in [0, 0.05) is 30.4 Å². The minimum Gasteiger partial charge on any atom is -0.464 e. The van der Waals surface area contributed by atoms with Gasteiger partial charge in [-0.25, -0.2) is 9.78 Å². The number of hydrogen-bond donors (Lipinski definition) is 3. The summed E-state index contributed by atoms with van der Waals surface area (Å²) >= 11 is 0. The van der Waals surface area contributed by atoms with Crippen LogP contribution in [0.4, 0.5) is 0 Å². The Morgan fingerprint density at radius 1 is 0.863 bits per heavy atom. The lowest BCUT2D eigenvalue weighted by Crippen LogP contribution is -2.63. The zero-order chi connectivity index (χ0) is 36.2. The summed E-state index contributed by atoms with van der Waals surface area (Å²) in [5.41, 5.74) is 2.64. The van der Waals surface area contributed by atoms with Crippen LogP contribution in [0.1, 0.15) is 130 Å². The van der Waals surface area contributed by atoms with Crippen LogP contribution < -0.4 is 10.6 Å². The molecule has 5 saturated carbocycles. The molecule has 5 aliphatic rings. The van der Waals surface area contributed by atoms with E-state index < -0.39 is 5.97 Å². The molecule has 2 amide bonds. The zero-order valence-electron chi connectivity index (χ0n) is 31.4. The molecule has 9 atom stereocenters. The average Bonchev–Trinajstić information content (AvgIpc) is 3.58. The van der Waals surface area contributed by atoms with Crippen molar-refractivity contribution in [1.82, 2.24) is 15.6 Å². The Balaban J connectivity index is 0.974. The van der Waals surface area contributed by atoms with Gasteiger partial charge in [0.25, 0.3) is 5.91 Å². The Morgan fingerprint density at radius 3 is 2.47 bits per heavy atom. The number of methoxy groups -OCH3 is 1. The molecule has 1 aromatic carbocycles. The van der Waals surface area contributed by atoms with Gasteiger partial charge in [-0.3, -0.25) is 9.59 Å². The van der Waals surface area contributed by atoms with Crippen molar-refractivity contribution in [3.63, 3.8) is 0 Å². The van der Waals surface area contributed by atoms with Gasteiger partial charge >= 0.3 is 5.97 Å². The number of pyridine rings is 1. The molecule has 0 aliphatic heterocycles. The normalized spacial score (nSPS) is 36.4. The van der Waals surface area contributed by atoms with Gasteiger partial charge in [-0.05, 0) is 140 Å². The van der Waals surface area contributed by atoms with E-state index in [2.05, 4.69) is 43.3 Å². The monoisotopic (exact) mass is 697 g/mol. The summed E-state index contributed by atoms with van der Waals surface area (Å²) < 4.78 is 4.82. The van der Waals surface area contributed by atoms with Gasteiger partial charge in [0.15, 0.2) is 5.69 Å². The summed E-state index contributed by atoms with van der Waals surface area (Å²) in [7, 11) is 1.31. The maximum absolute atomic E-state index is 14.2. The van der Waals surface area contributed by atoms with Gasteiger partial charge in [0.05, 0.1) is 18.6 Å². The first-order chi connectivity index (χ1) is 24.3. The first-order valence-electron chi connectivity index (χ1n) is 19.7. The predicted octanol–water partition coefficient (Wildman–Crippen LogP) is 7.28. The number of amides is 2. The van der Waals surface area contributed by atoms with Crippen molar-refractivity contribution in [3.05, 3.63) is 65.0 Å². The predicted molar refractivity (Wildman–Crippen MR) is 197 cm³/mol. The highest BCUT2D eigenvalue weighted by atomic mass is 16.5. The highest BCUT2D eigenvalue weighted by Crippen LogP contribution is 2.73. The number of carbonyl (C=O) groups is 3. The molecule has 0 spiro atoms. The number of ether oxygens (including phenoxy) is 1. The zero-order valence-corrected chi connectivity index (χ0v) is 31.4. The maximum atomic E-state index is 14.2. The molecular formula is C43H59N3O5. The van der Waals surface area contributed by atoms with Gasteiger partial charge < -0.3 is 20.5 Å². The van der Waals surface area contributed by atoms with Crippen LogP contribution in [0.15, 0.2) is 42.6 Å². The highest BCUT2D eigenvalue weighted by Gasteiger charge is 2.67. The number of aromatic nitrogens is 1. The van der Waals surface area contributed by atoms with E-state index in [4.69, 9.17) is 4.74 Å². The van der Waals surface area contributed by atoms with Gasteiger partial charge in [-0.2, -0.15) is 0 Å². The molecule has 5 aliphatic carbocycles. The summed E-state index contributed by atoms with van der Waals surface area (Å²) in [5.74, 6) is 2.53. The van der Waals surface area contributed by atoms with Gasteiger partial charge in [-0.1, -0.05) is 52.3 Å². The lowest BCUT2D eigenvalue weighted by Gasteiger charge is -2.69. The van der Waals surface area contributed by atoms with Crippen LogP contribution in [0, 0.1) is 51.2 Å². The van der Waals surface area contributed by atoms with Crippen LogP contribution in [-0.2, 0) is 22.5 Å². The Kier molecular flexibility index (Phi) is 9.64. The molecule has 8 nitrogen and oxygen atoms in total. The molecule has 3 N–H and O–H groups in total. The number of nitrogens with one attached hydrogen (secondary N) is 2. The van der Waals surface area contributed by atoms with Crippen molar-refractivity contribution < 1.29 is 24.2 Å². The molecule has 51 heavy (non-hydrogen) atoms. The van der Waals surface area contributed by atoms with E-state index in [1.165, 1.54) is 45.4 Å². The fourth-order valence-corrected chi connectivity index (χ4v) is 13.1. The molecule has 276 valence electrons. The average molecular weight is 698 g/mol. The Hall–Kier alpha value is -3.26. The lowest BCUT2D eigenvalue weighted by atomic mass is 9.36. The summed E-state index contributed by atoms with van der Waals surface area (Å²) in [5, 5.41) is 17.3. The van der Waals surface area contributed by atoms with Crippen LogP contribution in [0.2, 0.25) is 0 Å². The highest BCUT2D eigenvalue weighted by molar-refractivity contribution is 5.94. The number of esters is 1. The summed E-state index contributed by atoms with van der Waals surface area (Å²) in [4.78, 5) is 43.5. The minimum absolute atomic E-state index is 0.0260. The van der Waals surface area contributed by atoms with Crippen LogP contribution in [0.25, 0.3) is 0 Å². The second-order valence-electron chi connectivity index (χ2n) is 18.0. The molecule has 7 rings (SSSR count). The van der Waals surface area contributed by atoms with E-state index in [1.807, 2.05) is 18.2 Å². The number of hydrogen-bond acceptors (Lipinski definition) is 6. The quantitative estimate of drug-likeness (QED) is 0.250. The lowest BCUT2D eigenvalue weighted by molar-refractivity contribution is -0.214. The fourth-order valence-electron chi connectivity index (χ4n) is 13.1. The third-order valence-electron chi connectivity index (χ3n) is 15.5. The van der Waals surface area contributed by atoms with Crippen LogP contribution in [0.5, 0.6) is 0 Å². The van der Waals surface area contributed by atoms with Crippen LogP contribution in [-0.4, -0.2) is 47.6 Å². The summed E-state index contributed by atoms with van der Waals surface area (Å²) in [6, 6.07) is 11.0. The molecule has 2 aromatic rings. The first kappa shape index (κ1) is 36.1. The van der Waals surface area contributed by atoms with Crippen molar-refractivity contribution in [3.8, 4) is 0 Å². The van der Waals surface area contributed by atoms with Crippen LogP contribution in [0.3, 0.4) is 0 Å². The second kappa shape index (κ2) is 13.6. The number of benzene rings is 1. The summed E-state index contributed by atoms with van der Waals surface area (Å²) in [6.07, 6.45) is 14.5. The topological polar surface area (TPSA) is 118 Å². The van der Waals surface area contributed by atoms with Crippen molar-refractivity contribution in [1.29, 1.82) is 0 Å². The molecule has 0 bridgehead atoms. The van der Waals surface area contributed by atoms with Gasteiger partial charge in [0.2, 0.25) is 5.91 Å². The largest absolute Gasteiger partial charge is 0.464 e. The maximum Gasteiger partial charge on any atom is 0.356 e. The van der Waals surface area contributed by atoms with Gasteiger partial charge in [-0.15, -0.1) is 0 Å². The Bertz CT molecular complexity index is 1660. The standard InChI is InChI=1S/C43H59N3O5/c1-40(2)33-16-20-41(3)31-15-22-43(19-7-12-32(43)30(31)13-14-34(41)42(33,4)21-17-35(40)47)39(50)45-24-18-27-9-6-10-28(25-27)37(48)46-26-29-11-8-23-44-36(29)38(49)51-5/h6,8-11,23,25,30-35,47H,7,12-22,24,26H2,1-5H3,(H,45,50)(H,46,48). The fraction of sp³-hybridized carbons (Fsp3) is 0.674. The minimum atomic E-state index is -0.538. The molecule has 0 saturated heterocycles. The Labute approximate surface area is 304 Å². The number of carbonyl (C=O) groups excluding carboxylic acids is 3. The molecule has 8 heteroatoms. The second-order valence-corrected chi connectivity index (χ2v) is 18.0. The van der Waals surface area contributed by atoms with Crippen molar-refractivity contribution in [2.24, 2.45) is 51.2 Å². The first-order valence-corrected chi connectivity index (χ1v) is 19.7. The smallest absolute Gasteiger partial charge is 0.356 e. The Morgan fingerprint density at radius 2 is 1.67 bits per heavy atom. The molecular weight excluding hydrogens is 638 g/mol. The summed E-state index contributed by atoms with van der Waals surface area (Å²) in [6.45, 7) is 10.6. The van der Waals surface area contributed by atoms with Gasteiger partial charge in [0.1, 0.15) is 0 Å². The number of aliphatic hydroxyl groups is 1. The van der Waals surface area contributed by atoms with E-state index in [0.29, 0.717) is 59.1 Å². The molecule has 1 aromatic heterocycles. The number of nitrogens with zero attached hydrogens (tertiary/aromatic N) is 1. The molecule has 1 heterocycles. The van der Waals surface area contributed by atoms with E-state index in [9.17, 15) is 19.5 Å². The number of rotatable bonds is 8. The SMILES string of the molecule is COC(=O)c1ncccc1CNC(=O)c1cccc(CCNC(=O)C23CCCC2C2CCC4C(C)(CCC5C(C)(C)C(O)CCC54C)C2CC3)c1. The number of aliphatic hydroxyl groups excluding tert-OH is 1. The van der Waals surface area contributed by atoms with E-state index in [0.717, 1.165) is 44.1 Å². The van der Waals surface area contributed by atoms with E-state index in [1.54, 1.807) is 18.2 Å². The van der Waals surface area contributed by atoms with Crippen molar-refractivity contribution >= 4 is 17.8 Å². The van der Waals surface area contributed by atoms with E-state index >= 15 is 0 Å². The van der Waals surface area contributed by atoms with E-state index in [-0.39, 0.29) is 46.4 Å². The molecule has 9 unspecified atom stereocenters. The van der Waals surface area contributed by atoms with Crippen molar-refractivity contribution in [2.75, 3.05) is 13.7 Å². The van der Waals surface area contributed by atoms with Crippen molar-refractivity contribution in [2.45, 2.75) is 117 Å².